The highest BCUT2D eigenvalue weighted by Gasteiger charge is 2.89. The molecule has 0 aromatic carbocycles. The molecule has 0 aromatic heterocycles. The van der Waals surface area contributed by atoms with Crippen LogP contribution in [0.2, 0.25) is 0 Å². The maximum atomic E-state index is 13.6. The molecule has 1 unspecified atom stereocenters. The average molecular weight is 495 g/mol. The van der Waals surface area contributed by atoms with Crippen LogP contribution in [-0.2, 0) is 10.0 Å². The summed E-state index contributed by atoms with van der Waals surface area (Å²) in [7, 11) is -4.31. The van der Waals surface area contributed by atoms with Crippen molar-refractivity contribution in [1.82, 2.24) is 4.72 Å². The topological polar surface area (TPSA) is 86.6 Å². The fraction of sp³-hybridized carbons (Fsp3) is 1.00. The fourth-order valence-corrected chi connectivity index (χ4v) is 3.08. The van der Waals surface area contributed by atoms with Gasteiger partial charge < -0.3 is 14.7 Å². The molecule has 0 saturated carbocycles. The van der Waals surface area contributed by atoms with Gasteiger partial charge in [0.05, 0.1) is 20.7 Å². The lowest BCUT2D eigenvalue weighted by molar-refractivity contribution is -0.893. The SMILES string of the molecule is C[N+](C)(CCO)CC(O)CNS(=O)(=O)C(F)(F)C(F)(F)C(F)(F)C(F)(F)C(F)(F)F. The van der Waals surface area contributed by atoms with Crippen LogP contribution in [0.15, 0.2) is 0 Å². The molecule has 0 aliphatic carbocycles. The van der Waals surface area contributed by atoms with Gasteiger partial charge in [0.2, 0.25) is 0 Å². The number of nitrogens with one attached hydrogen (secondary N) is 1. The summed E-state index contributed by atoms with van der Waals surface area (Å²) in [6, 6.07) is 0. The minimum absolute atomic E-state index is 0.0587. The van der Waals surface area contributed by atoms with Crippen LogP contribution in [0.4, 0.5) is 48.3 Å². The summed E-state index contributed by atoms with van der Waals surface area (Å²) in [5, 5.41) is 11.2. The van der Waals surface area contributed by atoms with Gasteiger partial charge in [-0.15, -0.1) is 0 Å². The molecule has 3 N–H and O–H groups in total. The van der Waals surface area contributed by atoms with Crippen LogP contribution in [0.5, 0.6) is 0 Å². The van der Waals surface area contributed by atoms with Gasteiger partial charge in [0.25, 0.3) is 10.0 Å². The molecule has 30 heavy (non-hydrogen) atoms. The van der Waals surface area contributed by atoms with E-state index in [9.17, 15) is 61.8 Å². The third-order valence-corrected chi connectivity index (χ3v) is 5.25. The zero-order valence-electron chi connectivity index (χ0n) is 15.1. The Morgan fingerprint density at radius 1 is 0.867 bits per heavy atom. The summed E-state index contributed by atoms with van der Waals surface area (Å²) >= 11 is 0. The zero-order valence-corrected chi connectivity index (χ0v) is 15.9. The number of likely N-dealkylation sites (N-methyl/N-ethyl adjacent to an activating group) is 1. The van der Waals surface area contributed by atoms with Gasteiger partial charge in [-0.25, -0.2) is 13.1 Å². The number of sulfonamides is 1. The number of quaternary nitrogens is 1. The van der Waals surface area contributed by atoms with Crippen LogP contribution in [-0.4, -0.2) is 98.8 Å². The van der Waals surface area contributed by atoms with Crippen molar-refractivity contribution in [2.45, 2.75) is 35.3 Å². The minimum atomic E-state index is -7.87. The van der Waals surface area contributed by atoms with Gasteiger partial charge in [-0.1, -0.05) is 0 Å². The molecule has 0 saturated heterocycles. The van der Waals surface area contributed by atoms with Gasteiger partial charge in [-0.3, -0.25) is 0 Å². The van der Waals surface area contributed by atoms with E-state index in [4.69, 9.17) is 5.11 Å². The van der Waals surface area contributed by atoms with Gasteiger partial charge in [-0.05, 0) is 0 Å². The molecule has 0 aliphatic rings. The Labute approximate surface area is 162 Å². The summed E-state index contributed by atoms with van der Waals surface area (Å²) in [5.74, 6) is -23.3. The lowest BCUT2D eigenvalue weighted by Gasteiger charge is -2.36. The van der Waals surface area contributed by atoms with E-state index < -0.39 is 65.0 Å². The first-order chi connectivity index (χ1) is 12.9. The van der Waals surface area contributed by atoms with Gasteiger partial charge in [0, 0.05) is 6.54 Å². The molecule has 0 radical (unpaired) electrons. The van der Waals surface area contributed by atoms with Crippen LogP contribution in [0.3, 0.4) is 0 Å². The van der Waals surface area contributed by atoms with E-state index in [0.717, 1.165) is 0 Å². The number of aliphatic hydroxyl groups excluding tert-OH is 2. The molecular formula is C12H18F11N2O4S+. The van der Waals surface area contributed by atoms with E-state index in [1.54, 1.807) is 0 Å². The Bertz CT molecular complexity index is 695. The number of nitrogens with zero attached hydrogens (tertiary/aromatic N) is 1. The van der Waals surface area contributed by atoms with Crippen molar-refractivity contribution in [3.8, 4) is 0 Å². The molecule has 0 spiro atoms. The second-order valence-corrected chi connectivity index (χ2v) is 8.62. The number of hydrogen-bond donors (Lipinski definition) is 3. The summed E-state index contributed by atoms with van der Waals surface area (Å²) < 4.78 is 165. The van der Waals surface area contributed by atoms with E-state index in [1.165, 1.54) is 14.1 Å². The molecular weight excluding hydrogens is 477 g/mol. The van der Waals surface area contributed by atoms with E-state index in [0.29, 0.717) is 4.72 Å². The van der Waals surface area contributed by atoms with E-state index in [-0.39, 0.29) is 11.0 Å². The largest absolute Gasteiger partial charge is 0.460 e. The maximum Gasteiger partial charge on any atom is 0.460 e. The Balaban J connectivity index is 5.77. The third-order valence-electron chi connectivity index (χ3n) is 3.77. The molecule has 0 bridgehead atoms. The van der Waals surface area contributed by atoms with Crippen molar-refractivity contribution < 1.29 is 71.4 Å². The van der Waals surface area contributed by atoms with Gasteiger partial charge in [-0.2, -0.15) is 48.3 Å². The predicted molar refractivity (Wildman–Crippen MR) is 77.7 cm³/mol. The highest BCUT2D eigenvalue weighted by molar-refractivity contribution is 7.90. The van der Waals surface area contributed by atoms with Gasteiger partial charge in [0.15, 0.2) is 0 Å². The number of hydrogen-bond acceptors (Lipinski definition) is 4. The van der Waals surface area contributed by atoms with Crippen LogP contribution in [0.25, 0.3) is 0 Å². The van der Waals surface area contributed by atoms with E-state index in [2.05, 4.69) is 0 Å². The van der Waals surface area contributed by atoms with E-state index >= 15 is 0 Å². The highest BCUT2D eigenvalue weighted by atomic mass is 32.2. The minimum Gasteiger partial charge on any atom is -0.391 e. The van der Waals surface area contributed by atoms with Gasteiger partial charge >= 0.3 is 29.2 Å². The normalized spacial score (nSPS) is 16.6. The summed E-state index contributed by atoms with van der Waals surface area (Å²) in [6.07, 6.45) is -9.34. The van der Waals surface area contributed by atoms with Crippen molar-refractivity contribution >= 4 is 10.0 Å². The van der Waals surface area contributed by atoms with E-state index in [1.807, 2.05) is 0 Å². The zero-order chi connectivity index (χ0) is 24.6. The average Bonchev–Trinajstić information content (AvgIpc) is 2.50. The number of halogens is 11. The Kier molecular flexibility index (Phi) is 8.24. The number of alkyl halides is 11. The first kappa shape index (κ1) is 29.0. The Morgan fingerprint density at radius 3 is 1.67 bits per heavy atom. The molecule has 0 amide bonds. The molecule has 182 valence electrons. The molecule has 0 heterocycles. The van der Waals surface area contributed by atoms with Crippen molar-refractivity contribution in [1.29, 1.82) is 0 Å². The fourth-order valence-electron chi connectivity index (χ4n) is 2.02. The molecule has 1 atom stereocenters. The van der Waals surface area contributed by atoms with Crippen LogP contribution >= 0.6 is 0 Å². The molecule has 6 nitrogen and oxygen atoms in total. The summed E-state index contributed by atoms with van der Waals surface area (Å²) in [6.45, 7) is -2.51. The standard InChI is InChI=1S/C12H18F11N2O4S/c1-25(2,3-4-26)6-7(27)5-24-30(28,29)12(22,23)10(17,18)8(13,14)9(15,16)11(19,20)21/h7,24,26-27H,3-6H2,1-2H3/q+1. The smallest absolute Gasteiger partial charge is 0.391 e. The third kappa shape index (κ3) is 5.25. The first-order valence-corrected chi connectivity index (χ1v) is 9.07. The van der Waals surface area contributed by atoms with Crippen molar-refractivity contribution in [2.75, 3.05) is 40.3 Å². The predicted octanol–water partition coefficient (Wildman–Crippen LogP) is 1.40. The van der Waals surface area contributed by atoms with Crippen LogP contribution in [0.1, 0.15) is 0 Å². The molecule has 0 fully saturated rings. The Hall–Kier alpha value is -0.980. The quantitative estimate of drug-likeness (QED) is 0.299. The van der Waals surface area contributed by atoms with Gasteiger partial charge in [0.1, 0.15) is 19.2 Å². The van der Waals surface area contributed by atoms with Crippen molar-refractivity contribution in [3.05, 3.63) is 0 Å². The lowest BCUT2D eigenvalue weighted by Crippen LogP contribution is -2.69. The van der Waals surface area contributed by atoms with Crippen molar-refractivity contribution in [2.24, 2.45) is 0 Å². The van der Waals surface area contributed by atoms with Crippen LogP contribution in [0, 0.1) is 0 Å². The van der Waals surface area contributed by atoms with Crippen LogP contribution < -0.4 is 4.72 Å². The maximum absolute atomic E-state index is 13.6. The second-order valence-electron chi connectivity index (χ2n) is 6.81. The molecule has 0 aromatic rings. The second kappa shape index (κ2) is 8.51. The summed E-state index contributed by atoms with van der Waals surface area (Å²) in [4.78, 5) is 0. The summed E-state index contributed by atoms with van der Waals surface area (Å²) in [5.41, 5.74) is 0. The Morgan fingerprint density at radius 2 is 1.30 bits per heavy atom. The van der Waals surface area contributed by atoms with Crippen molar-refractivity contribution in [3.63, 3.8) is 0 Å². The monoisotopic (exact) mass is 495 g/mol. The molecule has 18 heteroatoms. The lowest BCUT2D eigenvalue weighted by atomic mass is 10.0. The first-order valence-electron chi connectivity index (χ1n) is 7.59. The molecule has 0 rings (SSSR count). The highest BCUT2D eigenvalue weighted by Crippen LogP contribution is 2.58. The molecule has 0 aliphatic heterocycles. The number of aliphatic hydroxyl groups is 2. The number of rotatable bonds is 11.